The van der Waals surface area contributed by atoms with Crippen LogP contribution in [0.5, 0.6) is 0 Å². The highest BCUT2D eigenvalue weighted by Crippen LogP contribution is 2.58. The van der Waals surface area contributed by atoms with Crippen LogP contribution >= 0.6 is 11.3 Å². The standard InChI is InChI=1S/C30H33FN6O2S2/c1-4-23-26-24(9-10-32-23)40-29(36-26)25-16(3)34-30(33-14-17-5-6-17)37-28(25)35-18-12-20-21(13-18)27(20)41(38,39)19-7-8-22(31)15(2)11-19/h7-11,17-18,20-21,27H,4-6,12-14H2,1-3H3,(H2,33,34,35,37). The minimum Gasteiger partial charge on any atom is -0.367 e. The lowest BCUT2D eigenvalue weighted by atomic mass is 10.1. The molecule has 0 spiro atoms. The molecule has 4 aromatic rings. The maximum atomic E-state index is 13.8. The number of rotatable bonds is 9. The van der Waals surface area contributed by atoms with Gasteiger partial charge in [0.15, 0.2) is 9.84 Å². The van der Waals surface area contributed by atoms with E-state index in [4.69, 9.17) is 15.0 Å². The zero-order valence-corrected chi connectivity index (χ0v) is 24.9. The number of aryl methyl sites for hydroxylation is 3. The first-order valence-electron chi connectivity index (χ1n) is 14.4. The third kappa shape index (κ3) is 4.86. The van der Waals surface area contributed by atoms with Gasteiger partial charge in [0.25, 0.3) is 0 Å². The molecule has 3 saturated carbocycles. The predicted octanol–water partition coefficient (Wildman–Crippen LogP) is 5.95. The summed E-state index contributed by atoms with van der Waals surface area (Å²) in [5, 5.41) is 7.53. The number of halogens is 1. The molecule has 2 N–H and O–H groups in total. The van der Waals surface area contributed by atoms with Crippen molar-refractivity contribution in [2.75, 3.05) is 17.2 Å². The first-order chi connectivity index (χ1) is 19.7. The molecule has 3 aromatic heterocycles. The van der Waals surface area contributed by atoms with Gasteiger partial charge in [-0.2, -0.15) is 4.98 Å². The third-order valence-electron chi connectivity index (χ3n) is 8.79. The van der Waals surface area contributed by atoms with E-state index < -0.39 is 15.1 Å². The van der Waals surface area contributed by atoms with Gasteiger partial charge in [-0.3, -0.25) is 4.98 Å². The molecule has 41 heavy (non-hydrogen) atoms. The average Bonchev–Trinajstić information content (AvgIpc) is 3.81. The van der Waals surface area contributed by atoms with Crippen LogP contribution in [0.1, 0.15) is 49.6 Å². The Morgan fingerprint density at radius 1 is 1.07 bits per heavy atom. The molecule has 3 fully saturated rings. The van der Waals surface area contributed by atoms with E-state index in [0.29, 0.717) is 17.4 Å². The van der Waals surface area contributed by atoms with E-state index in [1.54, 1.807) is 18.3 Å². The number of thiazole rings is 1. The summed E-state index contributed by atoms with van der Waals surface area (Å²) in [6.07, 6.45) is 6.59. The molecule has 0 amide bonds. The van der Waals surface area contributed by atoms with Gasteiger partial charge in [-0.05, 0) is 93.5 Å². The lowest BCUT2D eigenvalue weighted by molar-refractivity contribution is 0.575. The lowest BCUT2D eigenvalue weighted by Gasteiger charge is -2.20. The molecule has 7 rings (SSSR count). The molecule has 3 aliphatic rings. The van der Waals surface area contributed by atoms with Crippen molar-refractivity contribution in [1.82, 2.24) is 19.9 Å². The first-order valence-corrected chi connectivity index (χ1v) is 16.7. The Labute approximate surface area is 243 Å². The van der Waals surface area contributed by atoms with E-state index in [1.807, 2.05) is 19.2 Å². The van der Waals surface area contributed by atoms with Crippen molar-refractivity contribution in [3.8, 4) is 10.6 Å². The molecule has 0 bridgehead atoms. The van der Waals surface area contributed by atoms with Crippen LogP contribution < -0.4 is 10.6 Å². The number of aromatic nitrogens is 4. The van der Waals surface area contributed by atoms with E-state index in [-0.39, 0.29) is 28.6 Å². The number of nitrogens with one attached hydrogen (secondary N) is 2. The highest BCUT2D eigenvalue weighted by atomic mass is 32.2. The quantitative estimate of drug-likeness (QED) is 0.230. The Morgan fingerprint density at radius 3 is 2.56 bits per heavy atom. The second-order valence-electron chi connectivity index (χ2n) is 11.7. The molecule has 214 valence electrons. The molecule has 3 aliphatic carbocycles. The Morgan fingerprint density at radius 2 is 1.85 bits per heavy atom. The maximum Gasteiger partial charge on any atom is 0.224 e. The summed E-state index contributed by atoms with van der Waals surface area (Å²) >= 11 is 1.62. The molecule has 2 atom stereocenters. The van der Waals surface area contributed by atoms with Crippen LogP contribution in [0.4, 0.5) is 16.2 Å². The number of fused-ring (bicyclic) bond motifs is 2. The van der Waals surface area contributed by atoms with Crippen LogP contribution in [0.3, 0.4) is 0 Å². The van der Waals surface area contributed by atoms with Gasteiger partial charge in [-0.1, -0.05) is 6.92 Å². The van der Waals surface area contributed by atoms with Crippen molar-refractivity contribution in [1.29, 1.82) is 0 Å². The summed E-state index contributed by atoms with van der Waals surface area (Å²) in [4.78, 5) is 19.4. The monoisotopic (exact) mass is 592 g/mol. The number of pyridine rings is 1. The van der Waals surface area contributed by atoms with Crippen LogP contribution in [0.25, 0.3) is 20.8 Å². The number of hydrogen-bond donors (Lipinski definition) is 2. The molecule has 8 nitrogen and oxygen atoms in total. The molecule has 3 heterocycles. The van der Waals surface area contributed by atoms with E-state index in [2.05, 4.69) is 22.5 Å². The smallest absolute Gasteiger partial charge is 0.224 e. The van der Waals surface area contributed by atoms with Gasteiger partial charge in [0.05, 0.1) is 31.8 Å². The van der Waals surface area contributed by atoms with E-state index in [9.17, 15) is 12.8 Å². The largest absolute Gasteiger partial charge is 0.367 e. The van der Waals surface area contributed by atoms with Gasteiger partial charge in [0.2, 0.25) is 5.95 Å². The van der Waals surface area contributed by atoms with Crippen molar-refractivity contribution in [3.63, 3.8) is 0 Å². The zero-order chi connectivity index (χ0) is 28.5. The number of sulfone groups is 1. The van der Waals surface area contributed by atoms with Crippen molar-refractivity contribution < 1.29 is 12.8 Å². The molecule has 2 unspecified atom stereocenters. The zero-order valence-electron chi connectivity index (χ0n) is 23.3. The molecular formula is C30H33FN6O2S2. The number of anilines is 2. The SMILES string of the molecule is CCc1nccc2sc(-c3c(C)nc(NCC4CC4)nc3NC3CC4C(C3)C4S(=O)(=O)c3ccc(F)c(C)c3)nc12. The highest BCUT2D eigenvalue weighted by Gasteiger charge is 2.62. The summed E-state index contributed by atoms with van der Waals surface area (Å²) in [6.45, 7) is 6.54. The molecule has 0 radical (unpaired) electrons. The van der Waals surface area contributed by atoms with Gasteiger partial charge >= 0.3 is 0 Å². The number of benzene rings is 1. The van der Waals surface area contributed by atoms with Gasteiger partial charge < -0.3 is 10.6 Å². The van der Waals surface area contributed by atoms with Gasteiger partial charge in [-0.25, -0.2) is 22.8 Å². The Bertz CT molecular complexity index is 1760. The minimum atomic E-state index is -3.50. The summed E-state index contributed by atoms with van der Waals surface area (Å²) < 4.78 is 41.6. The van der Waals surface area contributed by atoms with Crippen LogP contribution in [0.2, 0.25) is 0 Å². The third-order valence-corrected chi connectivity index (χ3v) is 12.2. The normalized spacial score (nSPS) is 23.5. The van der Waals surface area contributed by atoms with Gasteiger partial charge in [-0.15, -0.1) is 11.3 Å². The van der Waals surface area contributed by atoms with Crippen molar-refractivity contribution in [2.45, 2.75) is 69.1 Å². The lowest BCUT2D eigenvalue weighted by Crippen LogP contribution is -2.24. The van der Waals surface area contributed by atoms with E-state index in [1.165, 1.54) is 31.0 Å². The topological polar surface area (TPSA) is 110 Å². The van der Waals surface area contributed by atoms with Gasteiger partial charge in [0, 0.05) is 18.8 Å². The minimum absolute atomic E-state index is 0.0855. The summed E-state index contributed by atoms with van der Waals surface area (Å²) in [5.41, 5.74) is 3.98. The number of nitrogens with zero attached hydrogens (tertiary/aromatic N) is 4. The molecular weight excluding hydrogens is 560 g/mol. The fraction of sp³-hybridized carbons (Fsp3) is 0.467. The van der Waals surface area contributed by atoms with Crippen LogP contribution in [0, 0.1) is 37.4 Å². The molecule has 0 aliphatic heterocycles. The Hall–Kier alpha value is -3.18. The van der Waals surface area contributed by atoms with Crippen LogP contribution in [-0.4, -0.2) is 46.2 Å². The van der Waals surface area contributed by atoms with E-state index >= 15 is 0 Å². The fourth-order valence-corrected chi connectivity index (χ4v) is 9.80. The summed E-state index contributed by atoms with van der Waals surface area (Å²) in [6, 6.07) is 6.19. The van der Waals surface area contributed by atoms with Crippen molar-refractivity contribution in [2.24, 2.45) is 17.8 Å². The van der Waals surface area contributed by atoms with E-state index in [0.717, 1.165) is 63.8 Å². The summed E-state index contributed by atoms with van der Waals surface area (Å²) in [7, 11) is -3.50. The Balaban J connectivity index is 1.15. The summed E-state index contributed by atoms with van der Waals surface area (Å²) in [5.74, 6) is 1.81. The maximum absolute atomic E-state index is 13.8. The second-order valence-corrected chi connectivity index (χ2v) is 14.9. The first kappa shape index (κ1) is 26.7. The fourth-order valence-electron chi connectivity index (χ4n) is 6.35. The second kappa shape index (κ2) is 9.97. The van der Waals surface area contributed by atoms with Gasteiger partial charge in [0.1, 0.15) is 22.2 Å². The molecule has 0 saturated heterocycles. The van der Waals surface area contributed by atoms with Crippen LogP contribution in [-0.2, 0) is 16.3 Å². The number of hydrogen-bond acceptors (Lipinski definition) is 9. The highest BCUT2D eigenvalue weighted by molar-refractivity contribution is 7.92. The molecule has 1 aromatic carbocycles. The van der Waals surface area contributed by atoms with Crippen LogP contribution in [0.15, 0.2) is 35.4 Å². The Kier molecular flexibility index (Phi) is 6.50. The van der Waals surface area contributed by atoms with Crippen molar-refractivity contribution in [3.05, 3.63) is 53.2 Å². The molecule has 11 heteroatoms. The average molecular weight is 593 g/mol. The van der Waals surface area contributed by atoms with Crippen molar-refractivity contribution >= 4 is 43.2 Å². The predicted molar refractivity (Wildman–Crippen MR) is 160 cm³/mol.